The second-order valence-electron chi connectivity index (χ2n) is 6.84. The van der Waals surface area contributed by atoms with Gasteiger partial charge in [0.1, 0.15) is 17.0 Å². The van der Waals surface area contributed by atoms with Gasteiger partial charge in [-0.15, -0.1) is 10.2 Å². The van der Waals surface area contributed by atoms with Crippen LogP contribution >= 0.6 is 0 Å². The Bertz CT molecular complexity index is 1010. The van der Waals surface area contributed by atoms with E-state index in [-0.39, 0.29) is 5.56 Å². The Kier molecular flexibility index (Phi) is 4.13. The van der Waals surface area contributed by atoms with Crippen molar-refractivity contribution in [1.29, 1.82) is 0 Å². The van der Waals surface area contributed by atoms with Crippen LogP contribution in [0.4, 0.5) is 19.0 Å². The van der Waals surface area contributed by atoms with Crippen LogP contribution in [0.25, 0.3) is 22.2 Å². The SMILES string of the molecule is CC1CCN(c2nnc(-c3ccc(C(F)(F)F)cc3O)c3cccnc23)C1. The fraction of sp³-hybridized carbons (Fsp3) is 0.316. The van der Waals surface area contributed by atoms with E-state index in [1.807, 2.05) is 0 Å². The van der Waals surface area contributed by atoms with Gasteiger partial charge in [-0.05, 0) is 42.7 Å². The highest BCUT2D eigenvalue weighted by atomic mass is 19.4. The topological polar surface area (TPSA) is 62.1 Å². The lowest BCUT2D eigenvalue weighted by Crippen LogP contribution is -2.21. The summed E-state index contributed by atoms with van der Waals surface area (Å²) in [6.07, 6.45) is -1.83. The predicted molar refractivity (Wildman–Crippen MR) is 95.4 cm³/mol. The normalized spacial score (nSPS) is 17.6. The van der Waals surface area contributed by atoms with Gasteiger partial charge < -0.3 is 10.0 Å². The lowest BCUT2D eigenvalue weighted by atomic mass is 10.0. The second-order valence-corrected chi connectivity index (χ2v) is 6.84. The molecule has 0 aliphatic carbocycles. The number of rotatable bonds is 2. The van der Waals surface area contributed by atoms with Gasteiger partial charge in [0, 0.05) is 30.2 Å². The molecule has 3 heterocycles. The van der Waals surface area contributed by atoms with Crippen molar-refractivity contribution in [3.05, 3.63) is 42.1 Å². The largest absolute Gasteiger partial charge is 0.507 e. The third-order valence-corrected chi connectivity index (χ3v) is 4.82. The van der Waals surface area contributed by atoms with Crippen molar-refractivity contribution in [3.8, 4) is 17.0 Å². The van der Waals surface area contributed by atoms with E-state index in [4.69, 9.17) is 0 Å². The van der Waals surface area contributed by atoms with Gasteiger partial charge in [-0.3, -0.25) is 4.98 Å². The first kappa shape index (κ1) is 17.5. The first-order valence-corrected chi connectivity index (χ1v) is 8.61. The molecule has 8 heteroatoms. The summed E-state index contributed by atoms with van der Waals surface area (Å²) < 4.78 is 38.6. The van der Waals surface area contributed by atoms with Gasteiger partial charge in [0.05, 0.1) is 5.56 Å². The number of anilines is 1. The van der Waals surface area contributed by atoms with E-state index >= 15 is 0 Å². The average Bonchev–Trinajstić information content (AvgIpc) is 3.06. The van der Waals surface area contributed by atoms with Crippen molar-refractivity contribution in [2.45, 2.75) is 19.5 Å². The molecule has 1 N–H and O–H groups in total. The molecule has 2 aromatic heterocycles. The van der Waals surface area contributed by atoms with Crippen LogP contribution in [0.1, 0.15) is 18.9 Å². The second kappa shape index (κ2) is 6.37. The highest BCUT2D eigenvalue weighted by molar-refractivity contribution is 5.98. The molecule has 1 aliphatic rings. The summed E-state index contributed by atoms with van der Waals surface area (Å²) in [5.74, 6) is 0.709. The average molecular weight is 374 g/mol. The molecule has 4 rings (SSSR count). The molecule has 1 fully saturated rings. The van der Waals surface area contributed by atoms with E-state index in [1.54, 1.807) is 18.3 Å². The summed E-state index contributed by atoms with van der Waals surface area (Å²) in [7, 11) is 0. The molecule has 1 aromatic carbocycles. The maximum absolute atomic E-state index is 12.9. The van der Waals surface area contributed by atoms with Crippen LogP contribution in [-0.4, -0.2) is 33.4 Å². The zero-order valence-electron chi connectivity index (χ0n) is 14.5. The molecule has 0 radical (unpaired) electrons. The molecular weight excluding hydrogens is 357 g/mol. The zero-order chi connectivity index (χ0) is 19.2. The quantitative estimate of drug-likeness (QED) is 0.726. The molecule has 1 unspecified atom stereocenters. The van der Waals surface area contributed by atoms with Crippen LogP contribution in [0.15, 0.2) is 36.5 Å². The zero-order valence-corrected chi connectivity index (χ0v) is 14.5. The van der Waals surface area contributed by atoms with Gasteiger partial charge in [0.2, 0.25) is 0 Å². The standard InChI is InChI=1S/C19H17F3N4O/c1-11-6-8-26(10-11)18-17-14(3-2-7-23-17)16(24-25-18)13-5-4-12(9-15(13)27)19(20,21)22/h2-5,7,9,11,27H,6,8,10H2,1H3. The van der Waals surface area contributed by atoms with Crippen molar-refractivity contribution >= 4 is 16.7 Å². The van der Waals surface area contributed by atoms with Crippen LogP contribution in [0.3, 0.4) is 0 Å². The summed E-state index contributed by atoms with van der Waals surface area (Å²) in [6.45, 7) is 3.87. The Balaban J connectivity index is 1.84. The number of phenols is 1. The van der Waals surface area contributed by atoms with Gasteiger partial charge in [-0.25, -0.2) is 0 Å². The van der Waals surface area contributed by atoms with Crippen molar-refractivity contribution in [2.75, 3.05) is 18.0 Å². The van der Waals surface area contributed by atoms with Gasteiger partial charge in [0.15, 0.2) is 5.82 Å². The van der Waals surface area contributed by atoms with E-state index < -0.39 is 17.5 Å². The molecule has 0 spiro atoms. The third-order valence-electron chi connectivity index (χ3n) is 4.82. The van der Waals surface area contributed by atoms with E-state index in [0.29, 0.717) is 34.4 Å². The summed E-state index contributed by atoms with van der Waals surface area (Å²) in [6, 6.07) is 6.36. The maximum Gasteiger partial charge on any atom is 0.416 e. The Morgan fingerprint density at radius 2 is 2.00 bits per heavy atom. The highest BCUT2D eigenvalue weighted by Gasteiger charge is 2.31. The number of hydrogen-bond acceptors (Lipinski definition) is 5. The Morgan fingerprint density at radius 3 is 2.67 bits per heavy atom. The lowest BCUT2D eigenvalue weighted by Gasteiger charge is -2.19. The molecule has 27 heavy (non-hydrogen) atoms. The number of hydrogen-bond donors (Lipinski definition) is 1. The third kappa shape index (κ3) is 3.15. The molecule has 0 bridgehead atoms. The van der Waals surface area contributed by atoms with Crippen LogP contribution < -0.4 is 4.90 Å². The monoisotopic (exact) mass is 374 g/mol. The summed E-state index contributed by atoms with van der Waals surface area (Å²) in [5.41, 5.74) is 0.202. The fourth-order valence-corrected chi connectivity index (χ4v) is 3.42. The lowest BCUT2D eigenvalue weighted by molar-refractivity contribution is -0.137. The minimum absolute atomic E-state index is 0.190. The molecule has 0 saturated carbocycles. The first-order chi connectivity index (χ1) is 12.8. The van der Waals surface area contributed by atoms with Crippen molar-refractivity contribution in [2.24, 2.45) is 5.92 Å². The number of phenolic OH excluding ortho intramolecular Hbond substituents is 1. The van der Waals surface area contributed by atoms with Crippen LogP contribution in [0.5, 0.6) is 5.75 Å². The smallest absolute Gasteiger partial charge is 0.416 e. The maximum atomic E-state index is 12.9. The van der Waals surface area contributed by atoms with Crippen LogP contribution in [0.2, 0.25) is 0 Å². The van der Waals surface area contributed by atoms with E-state index in [2.05, 4.69) is 27.0 Å². The Morgan fingerprint density at radius 1 is 1.19 bits per heavy atom. The molecule has 0 amide bonds. The molecule has 5 nitrogen and oxygen atoms in total. The van der Waals surface area contributed by atoms with Gasteiger partial charge in [-0.2, -0.15) is 13.2 Å². The fourth-order valence-electron chi connectivity index (χ4n) is 3.42. The molecule has 3 aromatic rings. The molecule has 1 saturated heterocycles. The summed E-state index contributed by atoms with van der Waals surface area (Å²) in [5, 5.41) is 19.3. The number of benzene rings is 1. The predicted octanol–water partition coefficient (Wildman–Crippen LogP) is 4.26. The molecule has 140 valence electrons. The van der Waals surface area contributed by atoms with Crippen molar-refractivity contribution < 1.29 is 18.3 Å². The number of halogens is 3. The first-order valence-electron chi connectivity index (χ1n) is 8.61. The van der Waals surface area contributed by atoms with E-state index in [1.165, 1.54) is 6.07 Å². The number of nitrogens with zero attached hydrogens (tertiary/aromatic N) is 4. The highest BCUT2D eigenvalue weighted by Crippen LogP contribution is 2.39. The number of pyridine rings is 1. The Hall–Kier alpha value is -2.90. The summed E-state index contributed by atoms with van der Waals surface area (Å²) in [4.78, 5) is 6.53. The van der Waals surface area contributed by atoms with Gasteiger partial charge >= 0.3 is 6.18 Å². The van der Waals surface area contributed by atoms with E-state index in [9.17, 15) is 18.3 Å². The van der Waals surface area contributed by atoms with E-state index in [0.717, 1.165) is 25.6 Å². The summed E-state index contributed by atoms with van der Waals surface area (Å²) >= 11 is 0. The number of aromatic nitrogens is 3. The molecule has 1 aliphatic heterocycles. The van der Waals surface area contributed by atoms with Crippen LogP contribution in [-0.2, 0) is 6.18 Å². The number of alkyl halides is 3. The van der Waals surface area contributed by atoms with Gasteiger partial charge in [0.25, 0.3) is 0 Å². The Labute approximate surface area is 153 Å². The molecule has 1 atom stereocenters. The van der Waals surface area contributed by atoms with Crippen LogP contribution in [0, 0.1) is 5.92 Å². The minimum atomic E-state index is -4.53. The minimum Gasteiger partial charge on any atom is -0.507 e. The van der Waals surface area contributed by atoms with Crippen molar-refractivity contribution in [1.82, 2.24) is 15.2 Å². The van der Waals surface area contributed by atoms with Crippen molar-refractivity contribution in [3.63, 3.8) is 0 Å². The van der Waals surface area contributed by atoms with Gasteiger partial charge in [-0.1, -0.05) is 6.92 Å². The number of fused-ring (bicyclic) bond motifs is 1. The molecular formula is C19H17F3N4O. The number of aromatic hydroxyl groups is 1.